The van der Waals surface area contributed by atoms with Crippen molar-refractivity contribution in [3.63, 3.8) is 0 Å². The molecule has 2 aliphatic rings. The smallest absolute Gasteiger partial charge is 0.416 e. The molecule has 0 aliphatic carbocycles. The van der Waals surface area contributed by atoms with Crippen LogP contribution in [0.15, 0.2) is 30.6 Å². The SMILES string of the molecule is CCOC(=O)N1c2ccc(C(F)(F)F)cc2[C@@H](Nc2ncc(N3CCOCC3)cn2)C[C@H]1CC. The Labute approximate surface area is 196 Å². The number of carbonyl (C=O) groups is 1. The van der Waals surface area contributed by atoms with Crippen LogP contribution < -0.4 is 15.1 Å². The summed E-state index contributed by atoms with van der Waals surface area (Å²) in [5, 5.41) is 3.19. The molecule has 34 heavy (non-hydrogen) atoms. The maximum atomic E-state index is 13.5. The predicted molar refractivity (Wildman–Crippen MR) is 121 cm³/mol. The van der Waals surface area contributed by atoms with Crippen molar-refractivity contribution in [2.45, 2.75) is 44.9 Å². The summed E-state index contributed by atoms with van der Waals surface area (Å²) in [4.78, 5) is 25.0. The van der Waals surface area contributed by atoms with Gasteiger partial charge >= 0.3 is 12.3 Å². The van der Waals surface area contributed by atoms with E-state index in [9.17, 15) is 18.0 Å². The van der Waals surface area contributed by atoms with Gasteiger partial charge in [-0.1, -0.05) is 6.92 Å². The average Bonchev–Trinajstić information content (AvgIpc) is 2.84. The number of anilines is 3. The Balaban J connectivity index is 1.65. The fraction of sp³-hybridized carbons (Fsp3) is 0.522. The van der Waals surface area contributed by atoms with Gasteiger partial charge in [-0.3, -0.25) is 4.90 Å². The zero-order valence-electron chi connectivity index (χ0n) is 19.1. The first-order chi connectivity index (χ1) is 16.3. The van der Waals surface area contributed by atoms with Crippen molar-refractivity contribution in [3.05, 3.63) is 41.7 Å². The van der Waals surface area contributed by atoms with E-state index in [2.05, 4.69) is 20.2 Å². The van der Waals surface area contributed by atoms with Gasteiger partial charge in [-0.25, -0.2) is 14.8 Å². The minimum absolute atomic E-state index is 0.173. The van der Waals surface area contributed by atoms with Gasteiger partial charge in [-0.2, -0.15) is 13.2 Å². The van der Waals surface area contributed by atoms with Crippen LogP contribution in [-0.2, 0) is 15.7 Å². The Kier molecular flexibility index (Phi) is 7.11. The average molecular weight is 480 g/mol. The molecule has 11 heteroatoms. The number of alkyl halides is 3. The number of benzene rings is 1. The van der Waals surface area contributed by atoms with Crippen LogP contribution in [0.2, 0.25) is 0 Å². The van der Waals surface area contributed by atoms with Crippen molar-refractivity contribution in [2.24, 2.45) is 0 Å². The van der Waals surface area contributed by atoms with Gasteiger partial charge in [-0.05, 0) is 43.5 Å². The van der Waals surface area contributed by atoms with Crippen LogP contribution in [0.1, 0.15) is 43.9 Å². The maximum Gasteiger partial charge on any atom is 0.416 e. The number of ether oxygens (including phenoxy) is 2. The molecule has 1 N–H and O–H groups in total. The molecule has 2 aromatic rings. The molecular weight excluding hydrogens is 451 g/mol. The Hall–Kier alpha value is -3.08. The first-order valence-corrected chi connectivity index (χ1v) is 11.4. The van der Waals surface area contributed by atoms with Crippen molar-refractivity contribution < 1.29 is 27.4 Å². The number of aromatic nitrogens is 2. The maximum absolute atomic E-state index is 13.5. The number of halogens is 3. The van der Waals surface area contributed by atoms with Crippen LogP contribution in [0.3, 0.4) is 0 Å². The molecule has 3 heterocycles. The zero-order chi connectivity index (χ0) is 24.3. The Morgan fingerprint density at radius 2 is 1.91 bits per heavy atom. The third-order valence-corrected chi connectivity index (χ3v) is 6.12. The summed E-state index contributed by atoms with van der Waals surface area (Å²) in [6, 6.07) is 2.66. The van der Waals surface area contributed by atoms with Crippen molar-refractivity contribution in [2.75, 3.05) is 48.0 Å². The van der Waals surface area contributed by atoms with Crippen LogP contribution >= 0.6 is 0 Å². The molecule has 0 saturated carbocycles. The lowest BCUT2D eigenvalue weighted by Crippen LogP contribution is -2.46. The molecule has 4 rings (SSSR count). The van der Waals surface area contributed by atoms with Crippen molar-refractivity contribution in [1.29, 1.82) is 0 Å². The van der Waals surface area contributed by atoms with E-state index >= 15 is 0 Å². The van der Waals surface area contributed by atoms with Crippen LogP contribution in [0.5, 0.6) is 0 Å². The lowest BCUT2D eigenvalue weighted by molar-refractivity contribution is -0.137. The molecule has 0 spiro atoms. The third-order valence-electron chi connectivity index (χ3n) is 6.12. The molecular formula is C23H28F3N5O3. The van der Waals surface area contributed by atoms with Crippen molar-refractivity contribution in [3.8, 4) is 0 Å². The normalized spacial score (nSPS) is 20.6. The van der Waals surface area contributed by atoms with Gasteiger partial charge in [0.05, 0.1) is 55.2 Å². The third kappa shape index (κ3) is 5.03. The fourth-order valence-electron chi connectivity index (χ4n) is 4.39. The number of hydrogen-bond donors (Lipinski definition) is 1. The van der Waals surface area contributed by atoms with Gasteiger partial charge in [-0.15, -0.1) is 0 Å². The number of nitrogens with zero attached hydrogens (tertiary/aromatic N) is 4. The first kappa shape index (κ1) is 24.1. The lowest BCUT2D eigenvalue weighted by Gasteiger charge is -2.40. The second-order valence-corrected chi connectivity index (χ2v) is 8.20. The van der Waals surface area contributed by atoms with E-state index in [1.165, 1.54) is 11.0 Å². The summed E-state index contributed by atoms with van der Waals surface area (Å²) in [5.41, 5.74) is 0.831. The zero-order valence-corrected chi connectivity index (χ0v) is 19.1. The highest BCUT2D eigenvalue weighted by molar-refractivity contribution is 5.90. The number of carbonyl (C=O) groups excluding carboxylic acids is 1. The largest absolute Gasteiger partial charge is 0.449 e. The van der Waals surface area contributed by atoms with Crippen LogP contribution in [0.25, 0.3) is 0 Å². The molecule has 0 bridgehead atoms. The Morgan fingerprint density at radius 1 is 1.21 bits per heavy atom. The van der Waals surface area contributed by atoms with E-state index in [1.54, 1.807) is 19.3 Å². The topological polar surface area (TPSA) is 79.8 Å². The van der Waals surface area contributed by atoms with E-state index in [1.807, 2.05) is 6.92 Å². The molecule has 8 nitrogen and oxygen atoms in total. The minimum Gasteiger partial charge on any atom is -0.449 e. The van der Waals surface area contributed by atoms with Gasteiger partial charge in [0.15, 0.2) is 0 Å². The molecule has 0 radical (unpaired) electrons. The van der Waals surface area contributed by atoms with Crippen molar-refractivity contribution >= 4 is 23.4 Å². The highest BCUT2D eigenvalue weighted by Gasteiger charge is 2.39. The monoisotopic (exact) mass is 479 g/mol. The molecule has 1 aromatic carbocycles. The molecule has 2 aliphatic heterocycles. The fourth-order valence-corrected chi connectivity index (χ4v) is 4.39. The molecule has 1 fully saturated rings. The number of morpholine rings is 1. The van der Waals surface area contributed by atoms with Crippen molar-refractivity contribution in [1.82, 2.24) is 9.97 Å². The van der Waals surface area contributed by atoms with Crippen LogP contribution in [-0.4, -0.2) is 55.0 Å². The van der Waals surface area contributed by atoms with E-state index in [0.717, 1.165) is 30.9 Å². The predicted octanol–water partition coefficient (Wildman–Crippen LogP) is 4.63. The van der Waals surface area contributed by atoms with Gasteiger partial charge in [0.2, 0.25) is 5.95 Å². The van der Waals surface area contributed by atoms with Gasteiger partial charge < -0.3 is 19.7 Å². The quantitative estimate of drug-likeness (QED) is 0.670. The van der Waals surface area contributed by atoms with Gasteiger partial charge in [0.1, 0.15) is 0 Å². The molecule has 1 amide bonds. The molecule has 184 valence electrons. The van der Waals surface area contributed by atoms with Crippen LogP contribution in [0.4, 0.5) is 35.3 Å². The highest BCUT2D eigenvalue weighted by atomic mass is 19.4. The van der Waals surface area contributed by atoms with Gasteiger partial charge in [0.25, 0.3) is 0 Å². The number of amides is 1. The van der Waals surface area contributed by atoms with Gasteiger partial charge in [0, 0.05) is 19.1 Å². The van der Waals surface area contributed by atoms with E-state index < -0.39 is 23.9 Å². The van der Waals surface area contributed by atoms with E-state index in [0.29, 0.717) is 43.3 Å². The molecule has 0 unspecified atom stereocenters. The summed E-state index contributed by atoms with van der Waals surface area (Å²) >= 11 is 0. The van der Waals surface area contributed by atoms with E-state index in [4.69, 9.17) is 9.47 Å². The Bertz CT molecular complexity index is 996. The summed E-state index contributed by atoms with van der Waals surface area (Å²) in [6.45, 7) is 6.55. The number of rotatable bonds is 5. The summed E-state index contributed by atoms with van der Waals surface area (Å²) in [7, 11) is 0. The van der Waals surface area contributed by atoms with E-state index in [-0.39, 0.29) is 12.6 Å². The second-order valence-electron chi connectivity index (χ2n) is 8.20. The summed E-state index contributed by atoms with van der Waals surface area (Å²) in [6.07, 6.45) is -0.698. The summed E-state index contributed by atoms with van der Waals surface area (Å²) < 4.78 is 51.0. The number of fused-ring (bicyclic) bond motifs is 1. The lowest BCUT2D eigenvalue weighted by atomic mass is 9.89. The summed E-state index contributed by atoms with van der Waals surface area (Å²) in [5.74, 6) is 0.310. The number of hydrogen-bond acceptors (Lipinski definition) is 7. The first-order valence-electron chi connectivity index (χ1n) is 11.4. The molecule has 2 atom stereocenters. The second kappa shape index (κ2) is 10.0. The Morgan fingerprint density at radius 3 is 2.53 bits per heavy atom. The molecule has 1 saturated heterocycles. The van der Waals surface area contributed by atoms with Crippen LogP contribution in [0, 0.1) is 0 Å². The minimum atomic E-state index is -4.51. The highest BCUT2D eigenvalue weighted by Crippen LogP contribution is 2.43. The molecule has 1 aromatic heterocycles. The number of nitrogens with one attached hydrogen (secondary N) is 1. The standard InChI is InChI=1S/C23H28F3N5O3/c1-3-16-12-19(29-21-27-13-17(14-28-21)30-7-9-33-10-8-30)18-11-15(23(24,25)26)5-6-20(18)31(16)22(32)34-4-2/h5-6,11,13-14,16,19H,3-4,7-10,12H2,1-2H3,(H,27,28,29)/t16-,19+/m1/s1.